The van der Waals surface area contributed by atoms with Crippen LogP contribution in [-0.4, -0.2) is 5.91 Å². The van der Waals surface area contributed by atoms with Gasteiger partial charge in [-0.15, -0.1) is 0 Å². The third kappa shape index (κ3) is 2.52. The van der Waals surface area contributed by atoms with Gasteiger partial charge in [-0.3, -0.25) is 4.79 Å². The van der Waals surface area contributed by atoms with Gasteiger partial charge in [0.25, 0.3) is 5.91 Å². The summed E-state index contributed by atoms with van der Waals surface area (Å²) in [7, 11) is 0. The summed E-state index contributed by atoms with van der Waals surface area (Å²) < 4.78 is 13.8. The normalized spacial score (nSPS) is 9.80. The molecule has 0 aliphatic rings. The maximum absolute atomic E-state index is 13.8. The number of primary amides is 1. The molecule has 0 bridgehead atoms. The first-order chi connectivity index (χ1) is 9.52. The molecule has 2 aromatic rings. The van der Waals surface area contributed by atoms with Crippen molar-refractivity contribution in [1.82, 2.24) is 0 Å². The molecule has 1 amide bonds. The molecular weight excluding hydrogens is 259 g/mol. The van der Waals surface area contributed by atoms with E-state index in [1.54, 1.807) is 24.3 Å². The molecule has 0 aliphatic heterocycles. The number of carbonyl (C=O) groups excluding carboxylic acids is 1. The van der Waals surface area contributed by atoms with Crippen molar-refractivity contribution < 1.29 is 9.18 Å². The lowest BCUT2D eigenvalue weighted by Gasteiger charge is -2.11. The molecule has 0 aromatic heterocycles. The fraction of sp³-hybridized carbons (Fsp3) is 0. The number of nitriles is 1. The van der Waals surface area contributed by atoms with Gasteiger partial charge in [-0.1, -0.05) is 12.1 Å². The fourth-order valence-corrected chi connectivity index (χ4v) is 1.73. The predicted molar refractivity (Wildman–Crippen MR) is 73.8 cm³/mol. The number of nitrogens with two attached hydrogens (primary N) is 2. The number of rotatable bonds is 3. The van der Waals surface area contributed by atoms with E-state index in [4.69, 9.17) is 16.7 Å². The van der Waals surface area contributed by atoms with Crippen molar-refractivity contribution in [3.05, 3.63) is 53.3 Å². The Morgan fingerprint density at radius 2 is 1.95 bits per heavy atom. The smallest absolute Gasteiger partial charge is 0.250 e. The van der Waals surface area contributed by atoms with Gasteiger partial charge in [0.2, 0.25) is 0 Å². The number of nitrogens with zero attached hydrogens (tertiary/aromatic N) is 1. The van der Waals surface area contributed by atoms with Gasteiger partial charge in [0, 0.05) is 5.69 Å². The number of benzene rings is 2. The molecule has 0 radical (unpaired) electrons. The lowest BCUT2D eigenvalue weighted by molar-refractivity contribution is 0.100. The quantitative estimate of drug-likeness (QED) is 0.743. The van der Waals surface area contributed by atoms with Crippen LogP contribution in [0.15, 0.2) is 36.4 Å². The second kappa shape index (κ2) is 5.28. The van der Waals surface area contributed by atoms with Crippen LogP contribution in [0.25, 0.3) is 0 Å². The van der Waals surface area contributed by atoms with Crippen LogP contribution >= 0.6 is 0 Å². The number of hydrogen-bond donors (Lipinski definition) is 3. The van der Waals surface area contributed by atoms with E-state index < -0.39 is 11.7 Å². The largest absolute Gasteiger partial charge is 0.398 e. The van der Waals surface area contributed by atoms with Crippen LogP contribution in [0.2, 0.25) is 0 Å². The molecule has 5 nitrogen and oxygen atoms in total. The molecule has 0 heterocycles. The number of hydrogen-bond acceptors (Lipinski definition) is 4. The highest BCUT2D eigenvalue weighted by Gasteiger charge is 2.13. The summed E-state index contributed by atoms with van der Waals surface area (Å²) >= 11 is 0. The number of nitrogens with one attached hydrogen (secondary N) is 1. The third-order valence-corrected chi connectivity index (χ3v) is 2.72. The maximum Gasteiger partial charge on any atom is 0.250 e. The third-order valence-electron chi connectivity index (χ3n) is 2.72. The van der Waals surface area contributed by atoms with Crippen molar-refractivity contribution in [3.8, 4) is 6.07 Å². The van der Waals surface area contributed by atoms with Crippen molar-refractivity contribution in [3.63, 3.8) is 0 Å². The Morgan fingerprint density at radius 3 is 2.60 bits per heavy atom. The summed E-state index contributed by atoms with van der Waals surface area (Å²) in [4.78, 5) is 11.2. The van der Waals surface area contributed by atoms with Gasteiger partial charge in [-0.2, -0.15) is 5.26 Å². The van der Waals surface area contributed by atoms with Gasteiger partial charge in [0.1, 0.15) is 11.9 Å². The van der Waals surface area contributed by atoms with Gasteiger partial charge in [-0.25, -0.2) is 4.39 Å². The summed E-state index contributed by atoms with van der Waals surface area (Å²) in [5.41, 5.74) is 11.5. The van der Waals surface area contributed by atoms with Crippen LogP contribution in [0.1, 0.15) is 15.9 Å². The van der Waals surface area contributed by atoms with Gasteiger partial charge in [0.05, 0.1) is 22.5 Å². The van der Waals surface area contributed by atoms with E-state index >= 15 is 0 Å². The standard InChI is InChI=1S/C14H11FN4O/c15-10-6-11(17)9(14(18)20)5-13(10)19-12-4-2-1-3-8(12)7-16/h1-6,19H,17H2,(H2,18,20). The number of amides is 1. The first-order valence-corrected chi connectivity index (χ1v) is 5.68. The predicted octanol–water partition coefficient (Wildman–Crippen LogP) is 2.12. The van der Waals surface area contributed by atoms with E-state index in [0.717, 1.165) is 6.07 Å². The van der Waals surface area contributed by atoms with E-state index in [1.165, 1.54) is 6.07 Å². The van der Waals surface area contributed by atoms with Crippen LogP contribution in [0.4, 0.5) is 21.5 Å². The van der Waals surface area contributed by atoms with Crippen LogP contribution in [0, 0.1) is 17.1 Å². The Hall–Kier alpha value is -3.07. The second-order valence-electron chi connectivity index (χ2n) is 4.07. The topological polar surface area (TPSA) is 105 Å². The van der Waals surface area contributed by atoms with Gasteiger partial charge >= 0.3 is 0 Å². The average Bonchev–Trinajstić information content (AvgIpc) is 2.42. The number of halogens is 1. The monoisotopic (exact) mass is 270 g/mol. The summed E-state index contributed by atoms with van der Waals surface area (Å²) in [6.07, 6.45) is 0. The Balaban J connectivity index is 2.46. The minimum Gasteiger partial charge on any atom is -0.398 e. The molecule has 0 aliphatic carbocycles. The van der Waals surface area contributed by atoms with Crippen LogP contribution in [0.5, 0.6) is 0 Å². The Kier molecular flexibility index (Phi) is 3.53. The molecule has 0 saturated carbocycles. The molecule has 0 atom stereocenters. The average molecular weight is 270 g/mol. The van der Waals surface area contributed by atoms with Crippen molar-refractivity contribution >= 4 is 23.0 Å². The molecule has 0 spiro atoms. The maximum atomic E-state index is 13.8. The molecule has 0 saturated heterocycles. The van der Waals surface area contributed by atoms with E-state index in [-0.39, 0.29) is 16.9 Å². The van der Waals surface area contributed by atoms with Crippen LogP contribution in [0.3, 0.4) is 0 Å². The Labute approximate surface area is 114 Å². The van der Waals surface area contributed by atoms with Crippen molar-refractivity contribution in [1.29, 1.82) is 5.26 Å². The molecule has 2 aromatic carbocycles. The summed E-state index contributed by atoms with van der Waals surface area (Å²) in [6.45, 7) is 0. The molecule has 5 N–H and O–H groups in total. The highest BCUT2D eigenvalue weighted by molar-refractivity contribution is 5.99. The molecule has 2 rings (SSSR count). The fourth-order valence-electron chi connectivity index (χ4n) is 1.73. The zero-order valence-electron chi connectivity index (χ0n) is 10.4. The zero-order chi connectivity index (χ0) is 14.7. The van der Waals surface area contributed by atoms with Crippen molar-refractivity contribution in [2.24, 2.45) is 5.73 Å². The SMILES string of the molecule is N#Cc1ccccc1Nc1cc(C(N)=O)c(N)cc1F. The lowest BCUT2D eigenvalue weighted by atomic mass is 10.1. The minimum atomic E-state index is -0.751. The van der Waals surface area contributed by atoms with Crippen LogP contribution in [-0.2, 0) is 0 Å². The molecule has 0 unspecified atom stereocenters. The first kappa shape index (κ1) is 13.4. The zero-order valence-corrected chi connectivity index (χ0v) is 10.4. The van der Waals surface area contributed by atoms with Crippen molar-refractivity contribution in [2.75, 3.05) is 11.1 Å². The van der Waals surface area contributed by atoms with E-state index in [2.05, 4.69) is 5.32 Å². The van der Waals surface area contributed by atoms with E-state index in [1.807, 2.05) is 6.07 Å². The molecule has 0 fully saturated rings. The number of carbonyl (C=O) groups is 1. The Bertz CT molecular complexity index is 722. The molecule has 20 heavy (non-hydrogen) atoms. The number of anilines is 3. The summed E-state index contributed by atoms with van der Waals surface area (Å²) in [6, 6.07) is 10.8. The van der Waals surface area contributed by atoms with E-state index in [9.17, 15) is 9.18 Å². The summed E-state index contributed by atoms with van der Waals surface area (Å²) in [5.74, 6) is -1.39. The second-order valence-corrected chi connectivity index (χ2v) is 4.07. The first-order valence-electron chi connectivity index (χ1n) is 5.68. The van der Waals surface area contributed by atoms with E-state index in [0.29, 0.717) is 11.3 Å². The number of nitrogen functional groups attached to an aromatic ring is 1. The van der Waals surface area contributed by atoms with Gasteiger partial charge in [0.15, 0.2) is 0 Å². The Morgan fingerprint density at radius 1 is 1.25 bits per heavy atom. The van der Waals surface area contributed by atoms with Gasteiger partial charge < -0.3 is 16.8 Å². The molecule has 6 heteroatoms. The highest BCUT2D eigenvalue weighted by Crippen LogP contribution is 2.26. The number of para-hydroxylation sites is 1. The lowest BCUT2D eigenvalue weighted by Crippen LogP contribution is -2.14. The molecular formula is C14H11FN4O. The van der Waals surface area contributed by atoms with Gasteiger partial charge in [-0.05, 0) is 24.3 Å². The summed E-state index contributed by atoms with van der Waals surface area (Å²) in [5, 5.41) is 11.7. The van der Waals surface area contributed by atoms with Crippen LogP contribution < -0.4 is 16.8 Å². The minimum absolute atomic E-state index is 0.0170. The molecule has 100 valence electrons. The highest BCUT2D eigenvalue weighted by atomic mass is 19.1. The van der Waals surface area contributed by atoms with Crippen molar-refractivity contribution in [2.45, 2.75) is 0 Å².